The van der Waals surface area contributed by atoms with Gasteiger partial charge in [-0.25, -0.2) is 5.48 Å². The van der Waals surface area contributed by atoms with Gasteiger partial charge >= 0.3 is 0 Å². The van der Waals surface area contributed by atoms with E-state index in [1.54, 1.807) is 25.8 Å². The van der Waals surface area contributed by atoms with Crippen LogP contribution in [0.2, 0.25) is 0 Å². The number of hydroxylamine groups is 1. The lowest BCUT2D eigenvalue weighted by Gasteiger charge is -2.28. The first kappa shape index (κ1) is 25.1. The van der Waals surface area contributed by atoms with E-state index in [2.05, 4.69) is 0 Å². The summed E-state index contributed by atoms with van der Waals surface area (Å²) in [6.07, 6.45) is 6.87. The van der Waals surface area contributed by atoms with E-state index in [0.717, 1.165) is 36.1 Å². The van der Waals surface area contributed by atoms with Gasteiger partial charge in [0.2, 0.25) is 11.8 Å². The first-order chi connectivity index (χ1) is 16.5. The summed E-state index contributed by atoms with van der Waals surface area (Å²) in [5.41, 5.74) is 4.79. The standard InChI is InChI=1S/C26H32N2O6/c1-32-23-16-20-13-14-28(18-21(20)17-24(23)33-2)26(30)12-9-19-7-10-22(11-8-19)34-15-5-3-4-6-25(29)27-31/h7-12,16-17,31H,3-6,13-15,18H2,1-2H3,(H,27,29)/b12-9+. The number of rotatable bonds is 11. The highest BCUT2D eigenvalue weighted by molar-refractivity contribution is 5.92. The molecule has 0 radical (unpaired) electrons. The Morgan fingerprint density at radius 3 is 2.41 bits per heavy atom. The third-order valence-electron chi connectivity index (χ3n) is 5.77. The van der Waals surface area contributed by atoms with Crippen LogP contribution in [0, 0.1) is 0 Å². The summed E-state index contributed by atoms with van der Waals surface area (Å²) >= 11 is 0. The number of methoxy groups -OCH3 is 2. The molecule has 0 spiro atoms. The number of fused-ring (bicyclic) bond motifs is 1. The first-order valence-corrected chi connectivity index (χ1v) is 11.4. The van der Waals surface area contributed by atoms with E-state index in [-0.39, 0.29) is 11.8 Å². The Bertz CT molecular complexity index is 1000. The molecule has 2 aromatic carbocycles. The van der Waals surface area contributed by atoms with Crippen LogP contribution < -0.4 is 19.7 Å². The van der Waals surface area contributed by atoms with E-state index in [4.69, 9.17) is 19.4 Å². The fraction of sp³-hybridized carbons (Fsp3) is 0.385. The van der Waals surface area contributed by atoms with Gasteiger partial charge in [0.15, 0.2) is 11.5 Å². The summed E-state index contributed by atoms with van der Waals surface area (Å²) < 4.78 is 16.5. The second-order valence-electron chi connectivity index (χ2n) is 8.08. The third kappa shape index (κ3) is 6.99. The molecular weight excluding hydrogens is 436 g/mol. The van der Waals surface area contributed by atoms with E-state index in [1.165, 1.54) is 5.56 Å². The van der Waals surface area contributed by atoms with Crippen molar-refractivity contribution in [1.82, 2.24) is 10.4 Å². The van der Waals surface area contributed by atoms with Gasteiger partial charge < -0.3 is 19.1 Å². The SMILES string of the molecule is COc1cc2c(cc1OC)CN(C(=O)/C=C/c1ccc(OCCCCCC(=O)NO)cc1)CC2. The lowest BCUT2D eigenvalue weighted by molar-refractivity contribution is -0.129. The number of carbonyl (C=O) groups is 2. The molecule has 2 amide bonds. The maximum atomic E-state index is 12.7. The molecule has 0 bridgehead atoms. The van der Waals surface area contributed by atoms with Gasteiger partial charge in [-0.2, -0.15) is 0 Å². The highest BCUT2D eigenvalue weighted by Crippen LogP contribution is 2.33. The summed E-state index contributed by atoms with van der Waals surface area (Å²) in [7, 11) is 3.23. The Morgan fingerprint density at radius 2 is 1.74 bits per heavy atom. The quantitative estimate of drug-likeness (QED) is 0.226. The van der Waals surface area contributed by atoms with Crippen molar-refractivity contribution in [1.29, 1.82) is 0 Å². The van der Waals surface area contributed by atoms with Crippen molar-refractivity contribution in [3.63, 3.8) is 0 Å². The fourth-order valence-electron chi connectivity index (χ4n) is 3.83. The molecule has 2 aromatic rings. The zero-order chi connectivity index (χ0) is 24.3. The molecule has 1 heterocycles. The third-order valence-corrected chi connectivity index (χ3v) is 5.77. The molecule has 0 saturated carbocycles. The number of nitrogens with zero attached hydrogens (tertiary/aromatic N) is 1. The molecule has 8 heteroatoms. The molecule has 0 fully saturated rings. The Hall–Kier alpha value is -3.52. The molecule has 2 N–H and O–H groups in total. The first-order valence-electron chi connectivity index (χ1n) is 11.4. The molecular formula is C26H32N2O6. The molecule has 34 heavy (non-hydrogen) atoms. The second kappa shape index (κ2) is 12.6. The van der Waals surface area contributed by atoms with Crippen molar-refractivity contribution in [2.45, 2.75) is 38.6 Å². The van der Waals surface area contributed by atoms with Crippen molar-refractivity contribution < 1.29 is 29.0 Å². The summed E-state index contributed by atoms with van der Waals surface area (Å²) in [4.78, 5) is 25.5. The van der Waals surface area contributed by atoms with Crippen LogP contribution in [0.1, 0.15) is 42.4 Å². The van der Waals surface area contributed by atoms with Crippen LogP contribution in [0.4, 0.5) is 0 Å². The predicted molar refractivity (Wildman–Crippen MR) is 128 cm³/mol. The zero-order valence-electron chi connectivity index (χ0n) is 19.7. The van der Waals surface area contributed by atoms with E-state index >= 15 is 0 Å². The number of unbranched alkanes of at least 4 members (excludes halogenated alkanes) is 2. The van der Waals surface area contributed by atoms with Crippen molar-refractivity contribution in [2.75, 3.05) is 27.4 Å². The van der Waals surface area contributed by atoms with E-state index in [9.17, 15) is 9.59 Å². The van der Waals surface area contributed by atoms with Crippen molar-refractivity contribution in [2.24, 2.45) is 0 Å². The van der Waals surface area contributed by atoms with Crippen LogP contribution in [-0.2, 0) is 22.6 Å². The van der Waals surface area contributed by atoms with Crippen molar-refractivity contribution in [3.05, 3.63) is 59.2 Å². The zero-order valence-corrected chi connectivity index (χ0v) is 19.7. The predicted octanol–water partition coefficient (Wildman–Crippen LogP) is 3.75. The van der Waals surface area contributed by atoms with Gasteiger partial charge in [-0.15, -0.1) is 0 Å². The van der Waals surface area contributed by atoms with Crippen LogP contribution in [0.25, 0.3) is 6.08 Å². The molecule has 0 aliphatic carbocycles. The summed E-state index contributed by atoms with van der Waals surface area (Å²) in [5, 5.41) is 8.45. The molecule has 0 atom stereocenters. The van der Waals surface area contributed by atoms with Crippen LogP contribution in [0.3, 0.4) is 0 Å². The molecule has 0 aromatic heterocycles. The molecule has 0 unspecified atom stereocenters. The number of carbonyl (C=O) groups excluding carboxylic acids is 2. The van der Waals surface area contributed by atoms with Gasteiger partial charge in [-0.05, 0) is 72.7 Å². The van der Waals surface area contributed by atoms with Crippen LogP contribution in [-0.4, -0.2) is 49.3 Å². The monoisotopic (exact) mass is 468 g/mol. The van der Waals surface area contributed by atoms with Gasteiger partial charge in [0.25, 0.3) is 0 Å². The number of ether oxygens (including phenoxy) is 3. The van der Waals surface area contributed by atoms with Crippen LogP contribution >= 0.6 is 0 Å². The minimum atomic E-state index is -0.367. The van der Waals surface area contributed by atoms with E-state index in [1.807, 2.05) is 47.4 Å². The number of hydrogen-bond donors (Lipinski definition) is 2. The lowest BCUT2D eigenvalue weighted by atomic mass is 9.98. The topological polar surface area (TPSA) is 97.3 Å². The molecule has 1 aliphatic rings. The largest absolute Gasteiger partial charge is 0.494 e. The molecule has 1 aliphatic heterocycles. The second-order valence-corrected chi connectivity index (χ2v) is 8.08. The van der Waals surface area contributed by atoms with Crippen molar-refractivity contribution >= 4 is 17.9 Å². The van der Waals surface area contributed by atoms with E-state index < -0.39 is 0 Å². The van der Waals surface area contributed by atoms with Gasteiger partial charge in [0.05, 0.1) is 20.8 Å². The minimum absolute atomic E-state index is 0.0318. The molecule has 0 saturated heterocycles. The number of benzene rings is 2. The normalized spacial score (nSPS) is 12.9. The Labute approximate surface area is 200 Å². The Morgan fingerprint density at radius 1 is 1.03 bits per heavy atom. The smallest absolute Gasteiger partial charge is 0.246 e. The average molecular weight is 469 g/mol. The summed E-state index contributed by atoms with van der Waals surface area (Å²) in [5.74, 6) is 1.74. The maximum Gasteiger partial charge on any atom is 0.246 e. The van der Waals surface area contributed by atoms with Crippen molar-refractivity contribution in [3.8, 4) is 17.2 Å². The Balaban J connectivity index is 1.46. The van der Waals surface area contributed by atoms with Crippen LogP contribution in [0.15, 0.2) is 42.5 Å². The maximum absolute atomic E-state index is 12.7. The lowest BCUT2D eigenvalue weighted by Crippen LogP contribution is -2.34. The fourth-order valence-corrected chi connectivity index (χ4v) is 3.83. The molecule has 3 rings (SSSR count). The molecule has 8 nitrogen and oxygen atoms in total. The van der Waals surface area contributed by atoms with Gasteiger partial charge in [-0.1, -0.05) is 12.1 Å². The van der Waals surface area contributed by atoms with Crippen LogP contribution in [0.5, 0.6) is 17.2 Å². The number of amides is 2. The van der Waals surface area contributed by atoms with Gasteiger partial charge in [0, 0.05) is 25.6 Å². The summed E-state index contributed by atoms with van der Waals surface area (Å²) in [6.45, 7) is 1.75. The average Bonchev–Trinajstić information content (AvgIpc) is 2.88. The molecule has 182 valence electrons. The number of nitrogens with one attached hydrogen (secondary N) is 1. The van der Waals surface area contributed by atoms with E-state index in [0.29, 0.717) is 44.0 Å². The summed E-state index contributed by atoms with van der Waals surface area (Å²) in [6, 6.07) is 11.5. The highest BCUT2D eigenvalue weighted by atomic mass is 16.5. The minimum Gasteiger partial charge on any atom is -0.494 e. The Kier molecular flexibility index (Phi) is 9.34. The number of hydrogen-bond acceptors (Lipinski definition) is 6. The highest BCUT2D eigenvalue weighted by Gasteiger charge is 2.21. The van der Waals surface area contributed by atoms with Gasteiger partial charge in [0.1, 0.15) is 5.75 Å². The van der Waals surface area contributed by atoms with Gasteiger partial charge in [-0.3, -0.25) is 14.8 Å².